The summed E-state index contributed by atoms with van der Waals surface area (Å²) in [5, 5.41) is 5.81. The zero-order valence-electron chi connectivity index (χ0n) is 10.9. The average Bonchev–Trinajstić information content (AvgIpc) is 2.79. The largest absolute Gasteiger partial charge is 0.294 e. The molecule has 0 saturated heterocycles. The first-order valence-electron chi connectivity index (χ1n) is 6.48. The van der Waals surface area contributed by atoms with Crippen LogP contribution in [0.4, 0.5) is 0 Å². The predicted octanol–water partition coefficient (Wildman–Crippen LogP) is 4.27. The van der Waals surface area contributed by atoms with Gasteiger partial charge in [0.15, 0.2) is 0 Å². The van der Waals surface area contributed by atoms with Gasteiger partial charge in [-0.3, -0.25) is 4.55 Å². The molecule has 1 aromatic carbocycles. The third-order valence-electron chi connectivity index (χ3n) is 3.23. The van der Waals surface area contributed by atoms with E-state index in [1.165, 1.54) is 11.3 Å². The molecule has 0 aliphatic rings. The van der Waals surface area contributed by atoms with Crippen LogP contribution in [0.25, 0.3) is 10.8 Å². The van der Waals surface area contributed by atoms with Crippen LogP contribution in [0.5, 0.6) is 0 Å². The van der Waals surface area contributed by atoms with E-state index in [-0.39, 0.29) is 4.90 Å². The summed E-state index contributed by atoms with van der Waals surface area (Å²) in [6.45, 7) is 2.14. The maximum Gasteiger partial charge on any atom is 0.294 e. The fourth-order valence-electron chi connectivity index (χ4n) is 2.22. The summed E-state index contributed by atoms with van der Waals surface area (Å²) in [4.78, 5) is 0.0647. The highest BCUT2D eigenvalue weighted by atomic mass is 32.2. The topological polar surface area (TPSA) is 54.4 Å². The van der Waals surface area contributed by atoms with E-state index < -0.39 is 10.1 Å². The zero-order chi connectivity index (χ0) is 13.9. The number of hydrogen-bond donors (Lipinski definition) is 1. The fourth-order valence-corrected chi connectivity index (χ4v) is 3.76. The molecule has 0 aliphatic carbocycles. The molecule has 3 nitrogen and oxygen atoms in total. The Kier molecular flexibility index (Phi) is 4.60. The summed E-state index contributed by atoms with van der Waals surface area (Å²) in [7, 11) is -4.14. The molecule has 2 rings (SSSR count). The van der Waals surface area contributed by atoms with E-state index >= 15 is 0 Å². The highest BCUT2D eigenvalue weighted by molar-refractivity contribution is 7.85. The van der Waals surface area contributed by atoms with E-state index in [0.717, 1.165) is 42.0 Å². The highest BCUT2D eigenvalue weighted by Crippen LogP contribution is 2.27. The second-order valence-electron chi connectivity index (χ2n) is 4.75. The lowest BCUT2D eigenvalue weighted by Gasteiger charge is -2.08. The molecule has 0 unspecified atom stereocenters. The molecular weight excluding hydrogens is 280 g/mol. The van der Waals surface area contributed by atoms with Gasteiger partial charge in [-0.25, -0.2) is 0 Å². The molecule has 0 spiro atoms. The predicted molar refractivity (Wildman–Crippen MR) is 79.5 cm³/mol. The molecule has 0 amide bonds. The normalized spacial score (nSPS) is 12.1. The smallest absolute Gasteiger partial charge is 0.282 e. The van der Waals surface area contributed by atoms with Gasteiger partial charge in [0.2, 0.25) is 0 Å². The molecule has 19 heavy (non-hydrogen) atoms. The first-order chi connectivity index (χ1) is 9.02. The number of benzene rings is 1. The standard InChI is InChI=1S/C14H18O3S2/c1-2-3-4-5-6-11-7-12-9-18-10-13(12)8-14(11)19(15,16)17/h7-10H,2-6H2,1H3,(H,15,16,17). The summed E-state index contributed by atoms with van der Waals surface area (Å²) in [6, 6.07) is 3.47. The Bertz CT molecular complexity index is 656. The number of thiophene rings is 1. The molecule has 0 radical (unpaired) electrons. The highest BCUT2D eigenvalue weighted by Gasteiger charge is 2.16. The van der Waals surface area contributed by atoms with Gasteiger partial charge in [0.1, 0.15) is 0 Å². The van der Waals surface area contributed by atoms with E-state index in [0.29, 0.717) is 6.42 Å². The quantitative estimate of drug-likeness (QED) is 0.640. The number of rotatable bonds is 6. The van der Waals surface area contributed by atoms with Crippen LogP contribution in [0.2, 0.25) is 0 Å². The molecule has 104 valence electrons. The minimum Gasteiger partial charge on any atom is -0.282 e. The van der Waals surface area contributed by atoms with Crippen LogP contribution >= 0.6 is 11.3 Å². The van der Waals surface area contributed by atoms with Crippen LogP contribution in [0.3, 0.4) is 0 Å². The van der Waals surface area contributed by atoms with E-state index in [1.807, 2.05) is 16.8 Å². The van der Waals surface area contributed by atoms with Gasteiger partial charge in [-0.15, -0.1) is 0 Å². The lowest BCUT2D eigenvalue weighted by molar-refractivity contribution is 0.482. The van der Waals surface area contributed by atoms with E-state index in [4.69, 9.17) is 0 Å². The Morgan fingerprint density at radius 2 is 1.79 bits per heavy atom. The second kappa shape index (κ2) is 6.03. The molecule has 0 saturated carbocycles. The van der Waals surface area contributed by atoms with Crippen LogP contribution < -0.4 is 0 Å². The lowest BCUT2D eigenvalue weighted by atomic mass is 10.0. The monoisotopic (exact) mass is 298 g/mol. The Hall–Kier alpha value is -0.910. The van der Waals surface area contributed by atoms with Crippen molar-refractivity contribution in [3.8, 4) is 0 Å². The van der Waals surface area contributed by atoms with Gasteiger partial charge in [0, 0.05) is 0 Å². The van der Waals surface area contributed by atoms with Crippen LogP contribution in [0.15, 0.2) is 27.8 Å². The van der Waals surface area contributed by atoms with Crippen molar-refractivity contribution in [1.82, 2.24) is 0 Å². The van der Waals surface area contributed by atoms with Crippen molar-refractivity contribution < 1.29 is 13.0 Å². The molecule has 5 heteroatoms. The molecule has 0 aliphatic heterocycles. The lowest BCUT2D eigenvalue weighted by Crippen LogP contribution is -2.03. The van der Waals surface area contributed by atoms with Gasteiger partial charge in [-0.1, -0.05) is 26.2 Å². The van der Waals surface area contributed by atoms with Crippen molar-refractivity contribution in [2.45, 2.75) is 43.9 Å². The SMILES string of the molecule is CCCCCCc1cc2cscc2cc1S(=O)(=O)O. The maximum atomic E-state index is 11.5. The Balaban J connectivity index is 2.33. The molecule has 1 N–H and O–H groups in total. The van der Waals surface area contributed by atoms with Crippen LogP contribution in [-0.2, 0) is 16.5 Å². The van der Waals surface area contributed by atoms with Gasteiger partial charge < -0.3 is 0 Å². The fraction of sp³-hybridized carbons (Fsp3) is 0.429. The van der Waals surface area contributed by atoms with Crippen LogP contribution in [0.1, 0.15) is 38.2 Å². The molecule has 0 atom stereocenters. The van der Waals surface area contributed by atoms with Crippen LogP contribution in [0, 0.1) is 0 Å². The van der Waals surface area contributed by atoms with Gasteiger partial charge >= 0.3 is 0 Å². The van der Waals surface area contributed by atoms with Gasteiger partial charge in [0.05, 0.1) is 4.90 Å². The van der Waals surface area contributed by atoms with Crippen molar-refractivity contribution in [2.75, 3.05) is 0 Å². The van der Waals surface area contributed by atoms with Gasteiger partial charge in [-0.2, -0.15) is 19.8 Å². The third kappa shape index (κ3) is 3.55. The van der Waals surface area contributed by atoms with Crippen LogP contribution in [-0.4, -0.2) is 13.0 Å². The summed E-state index contributed by atoms with van der Waals surface area (Å²) in [5.74, 6) is 0. The molecule has 2 aromatic rings. The average molecular weight is 298 g/mol. The number of fused-ring (bicyclic) bond motifs is 1. The number of hydrogen-bond acceptors (Lipinski definition) is 3. The van der Waals surface area contributed by atoms with E-state index in [1.54, 1.807) is 6.07 Å². The molecule has 0 fully saturated rings. The summed E-state index contributed by atoms with van der Waals surface area (Å²) < 4.78 is 32.3. The van der Waals surface area contributed by atoms with Crippen molar-refractivity contribution in [3.05, 3.63) is 28.5 Å². The van der Waals surface area contributed by atoms with E-state index in [2.05, 4.69) is 6.92 Å². The van der Waals surface area contributed by atoms with Crippen molar-refractivity contribution in [1.29, 1.82) is 0 Å². The van der Waals surface area contributed by atoms with Crippen molar-refractivity contribution in [3.63, 3.8) is 0 Å². The second-order valence-corrected chi connectivity index (χ2v) is 6.88. The Morgan fingerprint density at radius 3 is 2.42 bits per heavy atom. The Labute approximate surface area is 118 Å². The van der Waals surface area contributed by atoms with Gasteiger partial charge in [-0.05, 0) is 52.1 Å². The summed E-state index contributed by atoms with van der Waals surface area (Å²) in [6.07, 6.45) is 5.03. The summed E-state index contributed by atoms with van der Waals surface area (Å²) in [5.41, 5.74) is 0.726. The summed E-state index contributed by atoms with van der Waals surface area (Å²) >= 11 is 1.54. The first-order valence-corrected chi connectivity index (χ1v) is 8.87. The first kappa shape index (κ1) is 14.5. The van der Waals surface area contributed by atoms with Gasteiger partial charge in [0.25, 0.3) is 10.1 Å². The van der Waals surface area contributed by atoms with Crippen molar-refractivity contribution in [2.24, 2.45) is 0 Å². The molecular formula is C14H18O3S2. The molecule has 1 heterocycles. The maximum absolute atomic E-state index is 11.5. The molecule has 0 bridgehead atoms. The number of unbranched alkanes of at least 4 members (excludes halogenated alkanes) is 3. The van der Waals surface area contributed by atoms with Crippen molar-refractivity contribution >= 4 is 32.2 Å². The van der Waals surface area contributed by atoms with E-state index in [9.17, 15) is 13.0 Å². The minimum atomic E-state index is -4.14. The number of aryl methyl sites for hydroxylation is 1. The minimum absolute atomic E-state index is 0.0647. The zero-order valence-corrected chi connectivity index (χ0v) is 12.6. The third-order valence-corrected chi connectivity index (χ3v) is 4.95. The Morgan fingerprint density at radius 1 is 1.11 bits per heavy atom. The molecule has 1 aromatic heterocycles.